The average Bonchev–Trinajstić information content (AvgIpc) is 2.19. The molecule has 0 heterocycles. The molecule has 0 aromatic heterocycles. The molecule has 0 aliphatic carbocycles. The normalized spacial score (nSPS) is 11.4. The highest BCUT2D eigenvalue weighted by atomic mass is 79.9. The van der Waals surface area contributed by atoms with E-state index in [1.54, 1.807) is 0 Å². The maximum atomic E-state index is 3.40. The van der Waals surface area contributed by atoms with Crippen LogP contribution in [-0.2, 0) is 0 Å². The van der Waals surface area contributed by atoms with Crippen molar-refractivity contribution in [1.82, 2.24) is 0 Å². The van der Waals surface area contributed by atoms with Crippen molar-refractivity contribution in [3.05, 3.63) is 41.5 Å². The number of hydrogen-bond donors (Lipinski definition) is 0. The number of halogens is 1. The summed E-state index contributed by atoms with van der Waals surface area (Å²) in [4.78, 5) is 0. The lowest BCUT2D eigenvalue weighted by atomic mass is 10.0. The molecule has 0 N–H and O–H groups in total. The predicted octanol–water partition coefficient (Wildman–Crippen LogP) is 4.61. The van der Waals surface area contributed by atoms with Gasteiger partial charge in [0.15, 0.2) is 0 Å². The average molecular weight is 253 g/mol. The van der Waals surface area contributed by atoms with Crippen molar-refractivity contribution in [2.45, 2.75) is 26.2 Å². The zero-order valence-corrected chi connectivity index (χ0v) is 10.4. The Morgan fingerprint density at radius 2 is 1.86 bits per heavy atom. The van der Waals surface area contributed by atoms with Crippen molar-refractivity contribution in [3.63, 3.8) is 0 Å². The quantitative estimate of drug-likeness (QED) is 0.687. The van der Waals surface area contributed by atoms with E-state index < -0.39 is 0 Å². The Morgan fingerprint density at radius 1 is 1.21 bits per heavy atom. The Kier molecular flexibility index (Phi) is 4.95. The fraction of sp³-hybridized carbons (Fsp3) is 0.385. The molecule has 0 nitrogen and oxygen atoms in total. The van der Waals surface area contributed by atoms with Crippen molar-refractivity contribution in [1.29, 1.82) is 0 Å². The highest BCUT2D eigenvalue weighted by Gasteiger charge is 1.96. The van der Waals surface area contributed by atoms with Crippen LogP contribution in [0.2, 0.25) is 0 Å². The largest absolute Gasteiger partial charge is 0.0925 e. The molecule has 0 bridgehead atoms. The molecule has 0 spiro atoms. The van der Waals surface area contributed by atoms with Gasteiger partial charge in [0.05, 0.1) is 0 Å². The van der Waals surface area contributed by atoms with Crippen LogP contribution in [-0.4, -0.2) is 5.33 Å². The summed E-state index contributed by atoms with van der Waals surface area (Å²) in [7, 11) is 0. The second kappa shape index (κ2) is 6.02. The van der Waals surface area contributed by atoms with Crippen LogP contribution in [0.1, 0.15) is 37.3 Å². The number of benzene rings is 1. The van der Waals surface area contributed by atoms with Crippen LogP contribution >= 0.6 is 15.9 Å². The van der Waals surface area contributed by atoms with Gasteiger partial charge in [0, 0.05) is 5.33 Å². The standard InChI is InChI=1S/C13H17Br/c1-11(2)13-8-6-12(7-9-13)5-3-4-10-14/h3,5-9,11H,4,10H2,1-2H3/b5-3+. The third-order valence-corrected chi connectivity index (χ3v) is 2.65. The molecule has 0 unspecified atom stereocenters. The third kappa shape index (κ3) is 3.67. The van der Waals surface area contributed by atoms with Gasteiger partial charge in [0.2, 0.25) is 0 Å². The second-order valence-corrected chi connectivity index (χ2v) is 4.49. The Hall–Kier alpha value is -0.560. The molecule has 76 valence electrons. The molecule has 0 aliphatic rings. The maximum absolute atomic E-state index is 3.40. The van der Waals surface area contributed by atoms with Gasteiger partial charge in [-0.05, 0) is 23.5 Å². The fourth-order valence-electron chi connectivity index (χ4n) is 1.27. The molecule has 0 saturated carbocycles. The van der Waals surface area contributed by atoms with Gasteiger partial charge in [-0.15, -0.1) is 0 Å². The van der Waals surface area contributed by atoms with E-state index in [2.05, 4.69) is 66.2 Å². The van der Waals surface area contributed by atoms with Crippen molar-refractivity contribution < 1.29 is 0 Å². The number of alkyl halides is 1. The highest BCUT2D eigenvalue weighted by Crippen LogP contribution is 2.15. The van der Waals surface area contributed by atoms with Crippen LogP contribution in [0.3, 0.4) is 0 Å². The number of rotatable bonds is 4. The van der Waals surface area contributed by atoms with Gasteiger partial charge in [-0.2, -0.15) is 0 Å². The Balaban J connectivity index is 2.64. The van der Waals surface area contributed by atoms with Gasteiger partial charge in [-0.25, -0.2) is 0 Å². The molecular formula is C13H17Br. The summed E-state index contributed by atoms with van der Waals surface area (Å²) in [5, 5.41) is 1.04. The van der Waals surface area contributed by atoms with Crippen LogP contribution in [0.5, 0.6) is 0 Å². The van der Waals surface area contributed by atoms with Gasteiger partial charge in [-0.3, -0.25) is 0 Å². The van der Waals surface area contributed by atoms with E-state index in [1.807, 2.05) is 0 Å². The minimum Gasteiger partial charge on any atom is -0.0925 e. The fourth-order valence-corrected chi connectivity index (χ4v) is 1.54. The molecular weight excluding hydrogens is 236 g/mol. The maximum Gasteiger partial charge on any atom is 0.00660 e. The Labute approximate surface area is 95.2 Å². The van der Waals surface area contributed by atoms with Crippen molar-refractivity contribution in [2.24, 2.45) is 0 Å². The number of allylic oxidation sites excluding steroid dienone is 1. The van der Waals surface area contributed by atoms with Crippen LogP contribution in [0, 0.1) is 0 Å². The van der Waals surface area contributed by atoms with Crippen LogP contribution in [0.15, 0.2) is 30.3 Å². The molecule has 1 rings (SSSR count). The first-order valence-electron chi connectivity index (χ1n) is 5.06. The second-order valence-electron chi connectivity index (χ2n) is 3.70. The SMILES string of the molecule is CC(C)c1ccc(/C=C/CCBr)cc1. The van der Waals surface area contributed by atoms with Gasteiger partial charge in [0.1, 0.15) is 0 Å². The lowest BCUT2D eigenvalue weighted by molar-refractivity contribution is 0.866. The molecule has 1 aromatic carbocycles. The summed E-state index contributed by atoms with van der Waals surface area (Å²) < 4.78 is 0. The van der Waals surface area contributed by atoms with E-state index in [-0.39, 0.29) is 0 Å². The molecule has 0 atom stereocenters. The molecule has 1 heteroatoms. The van der Waals surface area contributed by atoms with Gasteiger partial charge in [0.25, 0.3) is 0 Å². The summed E-state index contributed by atoms with van der Waals surface area (Å²) in [6, 6.07) is 8.77. The zero-order valence-electron chi connectivity index (χ0n) is 8.83. The first kappa shape index (κ1) is 11.5. The van der Waals surface area contributed by atoms with Crippen molar-refractivity contribution >= 4 is 22.0 Å². The third-order valence-electron chi connectivity index (χ3n) is 2.19. The smallest absolute Gasteiger partial charge is 0.00660 e. The van der Waals surface area contributed by atoms with Crippen LogP contribution < -0.4 is 0 Å². The topological polar surface area (TPSA) is 0 Å². The monoisotopic (exact) mass is 252 g/mol. The highest BCUT2D eigenvalue weighted by molar-refractivity contribution is 9.09. The summed E-state index contributed by atoms with van der Waals surface area (Å²) in [5.41, 5.74) is 2.69. The molecule has 0 saturated heterocycles. The van der Waals surface area contributed by atoms with Gasteiger partial charge >= 0.3 is 0 Å². The van der Waals surface area contributed by atoms with E-state index in [1.165, 1.54) is 11.1 Å². The molecule has 0 amide bonds. The zero-order chi connectivity index (χ0) is 10.4. The van der Waals surface area contributed by atoms with Crippen molar-refractivity contribution in [2.75, 3.05) is 5.33 Å². The molecule has 1 aromatic rings. The number of hydrogen-bond acceptors (Lipinski definition) is 0. The molecule has 0 fully saturated rings. The summed E-state index contributed by atoms with van der Waals surface area (Å²) in [6.45, 7) is 4.44. The predicted molar refractivity (Wildman–Crippen MR) is 68.0 cm³/mol. The lowest BCUT2D eigenvalue weighted by Gasteiger charge is -2.04. The Bertz CT molecular complexity index is 283. The summed E-state index contributed by atoms with van der Waals surface area (Å²) in [5.74, 6) is 0.621. The summed E-state index contributed by atoms with van der Waals surface area (Å²) in [6.07, 6.45) is 5.45. The first-order valence-corrected chi connectivity index (χ1v) is 6.18. The molecule has 0 aliphatic heterocycles. The van der Waals surface area contributed by atoms with E-state index in [4.69, 9.17) is 0 Å². The van der Waals surface area contributed by atoms with E-state index in [9.17, 15) is 0 Å². The summed E-state index contributed by atoms with van der Waals surface area (Å²) >= 11 is 3.40. The lowest BCUT2D eigenvalue weighted by Crippen LogP contribution is -1.85. The minimum atomic E-state index is 0.621. The van der Waals surface area contributed by atoms with E-state index >= 15 is 0 Å². The molecule has 14 heavy (non-hydrogen) atoms. The molecule has 0 radical (unpaired) electrons. The Morgan fingerprint density at radius 3 is 2.36 bits per heavy atom. The van der Waals surface area contributed by atoms with Gasteiger partial charge in [-0.1, -0.05) is 66.2 Å². The van der Waals surface area contributed by atoms with Crippen LogP contribution in [0.25, 0.3) is 6.08 Å². The first-order chi connectivity index (χ1) is 6.74. The van der Waals surface area contributed by atoms with Gasteiger partial charge < -0.3 is 0 Å². The van der Waals surface area contributed by atoms with Crippen molar-refractivity contribution in [3.8, 4) is 0 Å². The van der Waals surface area contributed by atoms with E-state index in [0.717, 1.165) is 11.8 Å². The minimum absolute atomic E-state index is 0.621. The van der Waals surface area contributed by atoms with Crippen LogP contribution in [0.4, 0.5) is 0 Å². The van der Waals surface area contributed by atoms with E-state index in [0.29, 0.717) is 5.92 Å².